The van der Waals surface area contributed by atoms with E-state index in [1.807, 2.05) is 0 Å². The van der Waals surface area contributed by atoms with Gasteiger partial charge >= 0.3 is 0 Å². The van der Waals surface area contributed by atoms with Crippen LogP contribution in [0.3, 0.4) is 0 Å². The third-order valence-electron chi connectivity index (χ3n) is 2.00. The predicted molar refractivity (Wildman–Crippen MR) is 46.2 cm³/mol. The number of aromatic hydroxyl groups is 1. The highest BCUT2D eigenvalue weighted by Crippen LogP contribution is 2.28. The standard InChI is InChI=1S/C7H8N4O3/c8-3-1-2-4-5(6(3)12)11(14)7(9)10(4)13/h1-2,9,12-14H,8H2. The number of benzene rings is 1. The van der Waals surface area contributed by atoms with E-state index >= 15 is 0 Å². The van der Waals surface area contributed by atoms with E-state index in [4.69, 9.17) is 11.1 Å². The lowest BCUT2D eigenvalue weighted by atomic mass is 10.2. The van der Waals surface area contributed by atoms with Gasteiger partial charge in [0.1, 0.15) is 5.52 Å². The fourth-order valence-corrected chi connectivity index (χ4v) is 1.27. The lowest BCUT2D eigenvalue weighted by Crippen LogP contribution is -2.21. The summed E-state index contributed by atoms with van der Waals surface area (Å²) in [6.45, 7) is 0. The molecule has 0 aliphatic heterocycles. The number of hydrogen-bond acceptors (Lipinski definition) is 5. The van der Waals surface area contributed by atoms with Crippen LogP contribution in [0.25, 0.3) is 11.0 Å². The van der Waals surface area contributed by atoms with Gasteiger partial charge in [0.15, 0.2) is 11.3 Å². The van der Waals surface area contributed by atoms with E-state index in [1.165, 1.54) is 12.1 Å². The summed E-state index contributed by atoms with van der Waals surface area (Å²) < 4.78 is 0.787. The number of phenolic OH excluding ortho intramolecular Hbond substituents is 1. The van der Waals surface area contributed by atoms with Crippen LogP contribution in [0.2, 0.25) is 0 Å². The van der Waals surface area contributed by atoms with Crippen molar-refractivity contribution in [3.63, 3.8) is 0 Å². The molecule has 74 valence electrons. The van der Waals surface area contributed by atoms with Gasteiger partial charge in [-0.25, -0.2) is 0 Å². The Morgan fingerprint density at radius 2 is 1.86 bits per heavy atom. The molecule has 2 aromatic rings. The van der Waals surface area contributed by atoms with Gasteiger partial charge in [0.2, 0.25) is 0 Å². The molecule has 6 N–H and O–H groups in total. The minimum atomic E-state index is -0.569. The number of nitrogen functional groups attached to an aromatic ring is 1. The minimum absolute atomic E-state index is 0.0610. The highest BCUT2D eigenvalue weighted by atomic mass is 16.5. The largest absolute Gasteiger partial charge is 0.504 e. The number of nitrogens with one attached hydrogen (secondary N) is 1. The van der Waals surface area contributed by atoms with Gasteiger partial charge in [0.25, 0.3) is 5.62 Å². The molecule has 0 saturated carbocycles. The zero-order valence-corrected chi connectivity index (χ0v) is 6.97. The normalized spacial score (nSPS) is 10.9. The Balaban J connectivity index is 3.11. The summed E-state index contributed by atoms with van der Waals surface area (Å²) in [5.74, 6) is -0.369. The molecule has 0 aliphatic carbocycles. The van der Waals surface area contributed by atoms with E-state index in [0.29, 0.717) is 9.46 Å². The highest BCUT2D eigenvalue weighted by Gasteiger charge is 2.14. The molecule has 14 heavy (non-hydrogen) atoms. The second-order valence-electron chi connectivity index (χ2n) is 2.82. The quantitative estimate of drug-likeness (QED) is 0.225. The minimum Gasteiger partial charge on any atom is -0.504 e. The van der Waals surface area contributed by atoms with Gasteiger partial charge in [-0.15, -0.1) is 9.46 Å². The topological polar surface area (TPSA) is 120 Å². The van der Waals surface area contributed by atoms with Crippen molar-refractivity contribution in [3.05, 3.63) is 17.8 Å². The predicted octanol–water partition coefficient (Wildman–Crippen LogP) is -0.315. The number of hydrogen-bond donors (Lipinski definition) is 5. The summed E-state index contributed by atoms with van der Waals surface area (Å²) in [4.78, 5) is 0. The number of rotatable bonds is 0. The van der Waals surface area contributed by atoms with Crippen molar-refractivity contribution in [1.29, 1.82) is 5.41 Å². The molecule has 0 atom stereocenters. The van der Waals surface area contributed by atoms with E-state index in [1.54, 1.807) is 0 Å². The molecule has 0 spiro atoms. The Hall–Kier alpha value is -2.31. The van der Waals surface area contributed by atoms with Crippen molar-refractivity contribution < 1.29 is 15.5 Å². The summed E-state index contributed by atoms with van der Waals surface area (Å²) in [6, 6.07) is 2.75. The van der Waals surface area contributed by atoms with Gasteiger partial charge in [0.05, 0.1) is 5.69 Å². The number of anilines is 1. The van der Waals surface area contributed by atoms with Crippen LogP contribution in [-0.2, 0) is 0 Å². The van der Waals surface area contributed by atoms with Crippen molar-refractivity contribution >= 4 is 16.7 Å². The molecular weight excluding hydrogens is 188 g/mol. The fraction of sp³-hybridized carbons (Fsp3) is 0. The number of phenols is 1. The molecular formula is C7H8N4O3. The molecule has 0 amide bonds. The first-order chi connectivity index (χ1) is 6.54. The van der Waals surface area contributed by atoms with Crippen molar-refractivity contribution in [1.82, 2.24) is 9.46 Å². The van der Waals surface area contributed by atoms with Gasteiger partial charge in [-0.1, -0.05) is 0 Å². The molecule has 7 nitrogen and oxygen atoms in total. The van der Waals surface area contributed by atoms with Gasteiger partial charge in [-0.05, 0) is 12.1 Å². The van der Waals surface area contributed by atoms with Crippen LogP contribution in [0.1, 0.15) is 0 Å². The summed E-state index contributed by atoms with van der Waals surface area (Å²) in [7, 11) is 0. The van der Waals surface area contributed by atoms with Crippen LogP contribution >= 0.6 is 0 Å². The van der Waals surface area contributed by atoms with E-state index < -0.39 is 5.62 Å². The van der Waals surface area contributed by atoms with Crippen LogP contribution in [0.5, 0.6) is 5.75 Å². The zero-order chi connectivity index (χ0) is 10.5. The van der Waals surface area contributed by atoms with Gasteiger partial charge in [-0.2, -0.15) is 0 Å². The molecule has 0 saturated heterocycles. The maximum Gasteiger partial charge on any atom is 0.270 e. The maximum atomic E-state index is 9.46. The summed E-state index contributed by atoms with van der Waals surface area (Å²) in [5.41, 5.74) is 4.88. The zero-order valence-electron chi connectivity index (χ0n) is 6.97. The second-order valence-corrected chi connectivity index (χ2v) is 2.82. The fourth-order valence-electron chi connectivity index (χ4n) is 1.27. The van der Waals surface area contributed by atoms with Gasteiger partial charge in [-0.3, -0.25) is 5.41 Å². The number of fused-ring (bicyclic) bond motifs is 1. The molecule has 0 fully saturated rings. The van der Waals surface area contributed by atoms with Crippen molar-refractivity contribution in [3.8, 4) is 5.75 Å². The van der Waals surface area contributed by atoms with Gasteiger partial charge < -0.3 is 21.3 Å². The molecule has 1 aromatic heterocycles. The number of nitrogens with zero attached hydrogens (tertiary/aromatic N) is 2. The maximum absolute atomic E-state index is 9.46. The Morgan fingerprint density at radius 3 is 2.50 bits per heavy atom. The van der Waals surface area contributed by atoms with E-state index in [-0.39, 0.29) is 22.5 Å². The van der Waals surface area contributed by atoms with E-state index in [9.17, 15) is 15.5 Å². The molecule has 0 unspecified atom stereocenters. The second kappa shape index (κ2) is 2.34. The molecule has 0 radical (unpaired) electrons. The molecule has 1 heterocycles. The molecule has 7 heteroatoms. The Bertz CT molecular complexity index is 568. The summed E-state index contributed by atoms with van der Waals surface area (Å²) in [6.07, 6.45) is 0. The van der Waals surface area contributed by atoms with Crippen molar-refractivity contribution in [2.45, 2.75) is 0 Å². The van der Waals surface area contributed by atoms with Crippen LogP contribution in [0, 0.1) is 5.41 Å². The number of aromatic nitrogens is 2. The van der Waals surface area contributed by atoms with Crippen LogP contribution in [-0.4, -0.2) is 25.0 Å². The Kier molecular flexibility index (Phi) is 1.39. The van der Waals surface area contributed by atoms with Crippen LogP contribution in [0.4, 0.5) is 5.69 Å². The number of imidazole rings is 1. The monoisotopic (exact) mass is 196 g/mol. The van der Waals surface area contributed by atoms with Gasteiger partial charge in [0, 0.05) is 0 Å². The van der Waals surface area contributed by atoms with Crippen LogP contribution in [0.15, 0.2) is 12.1 Å². The van der Waals surface area contributed by atoms with Crippen molar-refractivity contribution in [2.75, 3.05) is 5.73 Å². The lowest BCUT2D eigenvalue weighted by molar-refractivity contribution is 0.130. The molecule has 0 aliphatic rings. The lowest BCUT2D eigenvalue weighted by Gasteiger charge is -1.99. The van der Waals surface area contributed by atoms with Crippen molar-refractivity contribution in [2.24, 2.45) is 0 Å². The average Bonchev–Trinajstić information content (AvgIpc) is 2.38. The first-order valence-electron chi connectivity index (χ1n) is 3.72. The summed E-state index contributed by atoms with van der Waals surface area (Å²) in [5, 5.41) is 35.3. The molecule has 0 bridgehead atoms. The Labute approximate surface area is 77.3 Å². The first-order valence-corrected chi connectivity index (χ1v) is 3.72. The van der Waals surface area contributed by atoms with Crippen LogP contribution < -0.4 is 11.4 Å². The third-order valence-corrected chi connectivity index (χ3v) is 2.00. The first kappa shape index (κ1) is 8.30. The van der Waals surface area contributed by atoms with E-state index in [0.717, 1.165) is 0 Å². The number of nitrogens with two attached hydrogens (primary N) is 1. The average molecular weight is 196 g/mol. The highest BCUT2D eigenvalue weighted by molar-refractivity contribution is 5.87. The summed E-state index contributed by atoms with van der Waals surface area (Å²) >= 11 is 0. The van der Waals surface area contributed by atoms with E-state index in [2.05, 4.69) is 0 Å². The third kappa shape index (κ3) is 0.777. The smallest absolute Gasteiger partial charge is 0.270 e. The Morgan fingerprint density at radius 1 is 1.21 bits per heavy atom. The molecule has 1 aromatic carbocycles. The molecule has 2 rings (SSSR count). The SMILES string of the molecule is N=c1n(O)c2ccc(N)c(O)c2n1O.